The number of nitrogens with zero attached hydrogens (tertiary/aromatic N) is 3. The Morgan fingerprint density at radius 1 is 0.415 bits per heavy atom. The van der Waals surface area contributed by atoms with E-state index >= 15 is 0 Å². The van der Waals surface area contributed by atoms with Gasteiger partial charge in [0, 0.05) is 67.9 Å². The first-order chi connectivity index (χ1) is 32.2. The molecule has 0 bridgehead atoms. The topological polar surface area (TPSA) is 41.7 Å². The lowest BCUT2D eigenvalue weighted by Crippen LogP contribution is -2.33. The third-order valence-electron chi connectivity index (χ3n) is 13.2. The quantitative estimate of drug-likeness (QED) is 0.184. The van der Waals surface area contributed by atoms with E-state index in [-0.39, 0.29) is 6.17 Å². The van der Waals surface area contributed by atoms with Crippen molar-refractivity contribution in [3.8, 4) is 16.8 Å². The van der Waals surface area contributed by atoms with Crippen LogP contribution in [-0.2, 0) is 0 Å². The van der Waals surface area contributed by atoms with Gasteiger partial charge in [0.2, 0.25) is 0 Å². The van der Waals surface area contributed by atoms with Crippen LogP contribution in [0, 0.1) is 0 Å². The van der Waals surface area contributed by atoms with Gasteiger partial charge in [-0.3, -0.25) is 0 Å². The van der Waals surface area contributed by atoms with Gasteiger partial charge in [-0.25, -0.2) is 9.98 Å². The minimum Gasteiger partial charge on any atom is -0.344 e. The zero-order chi connectivity index (χ0) is 42.6. The monoisotopic (exact) mass is 864 g/mol. The number of hydrogen-bond donors (Lipinski definition) is 1. The zero-order valence-electron chi connectivity index (χ0n) is 34.9. The molecule has 0 saturated heterocycles. The van der Waals surface area contributed by atoms with E-state index < -0.39 is 0 Å². The first kappa shape index (κ1) is 36.6. The Kier molecular flexibility index (Phi) is 8.05. The van der Waals surface area contributed by atoms with Crippen molar-refractivity contribution in [3.05, 3.63) is 223 Å². The molecule has 0 spiro atoms. The fraction of sp³-hybridized carbons (Fsp3) is 0.0169. The third kappa shape index (κ3) is 5.74. The first-order valence-corrected chi connectivity index (χ1v) is 23.6. The van der Waals surface area contributed by atoms with Crippen LogP contribution >= 0.6 is 22.7 Å². The van der Waals surface area contributed by atoms with Crippen LogP contribution in [0.25, 0.3) is 101 Å². The molecule has 10 aromatic carbocycles. The maximum absolute atomic E-state index is 5.56. The minimum atomic E-state index is -0.356. The second-order valence-corrected chi connectivity index (χ2v) is 19.1. The molecule has 14 rings (SSSR count). The van der Waals surface area contributed by atoms with Crippen molar-refractivity contribution in [1.29, 1.82) is 0 Å². The zero-order valence-corrected chi connectivity index (χ0v) is 36.5. The average molecular weight is 865 g/mol. The highest BCUT2D eigenvalue weighted by molar-refractivity contribution is 7.26. The molecule has 0 aliphatic carbocycles. The number of fused-ring (bicyclic) bond motifs is 11. The molecule has 13 aromatic rings. The molecule has 3 aromatic heterocycles. The summed E-state index contributed by atoms with van der Waals surface area (Å²) in [6.45, 7) is 0. The van der Waals surface area contributed by atoms with Gasteiger partial charge in [0.15, 0.2) is 5.84 Å². The van der Waals surface area contributed by atoms with Gasteiger partial charge < -0.3 is 9.88 Å². The van der Waals surface area contributed by atoms with Crippen LogP contribution in [0.4, 0.5) is 0 Å². The van der Waals surface area contributed by atoms with Crippen LogP contribution in [0.3, 0.4) is 0 Å². The third-order valence-corrected chi connectivity index (χ3v) is 15.6. The van der Waals surface area contributed by atoms with Crippen molar-refractivity contribution < 1.29 is 0 Å². The van der Waals surface area contributed by atoms with Crippen LogP contribution in [-0.4, -0.2) is 16.2 Å². The molecule has 65 heavy (non-hydrogen) atoms. The Morgan fingerprint density at radius 2 is 1.08 bits per heavy atom. The van der Waals surface area contributed by atoms with Crippen molar-refractivity contribution in [2.45, 2.75) is 6.17 Å². The van der Waals surface area contributed by atoms with E-state index in [9.17, 15) is 0 Å². The number of thiophene rings is 2. The van der Waals surface area contributed by atoms with E-state index in [1.54, 1.807) is 0 Å². The van der Waals surface area contributed by atoms with Gasteiger partial charge in [0.05, 0.1) is 11.0 Å². The van der Waals surface area contributed by atoms with E-state index in [1.807, 2.05) is 22.7 Å². The fourth-order valence-corrected chi connectivity index (χ4v) is 12.6. The van der Waals surface area contributed by atoms with Crippen LogP contribution in [0.2, 0.25) is 0 Å². The van der Waals surface area contributed by atoms with Crippen molar-refractivity contribution >= 4 is 118 Å². The largest absolute Gasteiger partial charge is 0.344 e. The molecule has 1 N–H and O–H groups in total. The normalized spacial score (nSPS) is 14.3. The molecule has 6 heteroatoms. The summed E-state index contributed by atoms with van der Waals surface area (Å²) < 4.78 is 7.45. The predicted octanol–water partition coefficient (Wildman–Crippen LogP) is 16.0. The highest BCUT2D eigenvalue weighted by Gasteiger charge is 2.26. The number of rotatable bonds is 5. The van der Waals surface area contributed by atoms with E-state index in [2.05, 4.69) is 216 Å². The second-order valence-electron chi connectivity index (χ2n) is 16.9. The molecular weight excluding hydrogens is 829 g/mol. The number of para-hydroxylation sites is 1. The van der Waals surface area contributed by atoms with E-state index in [1.165, 1.54) is 83.7 Å². The number of hydrogen-bond acceptors (Lipinski definition) is 5. The van der Waals surface area contributed by atoms with Gasteiger partial charge in [0.25, 0.3) is 0 Å². The van der Waals surface area contributed by atoms with E-state index in [0.29, 0.717) is 5.84 Å². The summed E-state index contributed by atoms with van der Waals surface area (Å²) in [6, 6.07) is 75.1. The summed E-state index contributed by atoms with van der Waals surface area (Å²) in [7, 11) is 0. The lowest BCUT2D eigenvalue weighted by molar-refractivity contribution is 0.674. The Hall–Kier alpha value is -7.90. The highest BCUT2D eigenvalue weighted by atomic mass is 32.1. The van der Waals surface area contributed by atoms with Crippen LogP contribution in [0.1, 0.15) is 22.9 Å². The lowest BCUT2D eigenvalue weighted by atomic mass is 9.93. The van der Waals surface area contributed by atoms with Gasteiger partial charge in [-0.1, -0.05) is 140 Å². The summed E-state index contributed by atoms with van der Waals surface area (Å²) in [6.07, 6.45) is -0.356. The lowest BCUT2D eigenvalue weighted by Gasteiger charge is -2.25. The molecule has 1 unspecified atom stereocenters. The number of benzene rings is 10. The summed E-state index contributed by atoms with van der Waals surface area (Å²) >= 11 is 3.68. The first-order valence-electron chi connectivity index (χ1n) is 22.0. The highest BCUT2D eigenvalue weighted by Crippen LogP contribution is 2.45. The number of aromatic nitrogens is 1. The molecule has 1 atom stereocenters. The fourth-order valence-electron chi connectivity index (χ4n) is 10.2. The second kappa shape index (κ2) is 14.3. The van der Waals surface area contributed by atoms with Crippen molar-refractivity contribution in [2.75, 3.05) is 0 Å². The van der Waals surface area contributed by atoms with Crippen molar-refractivity contribution in [3.63, 3.8) is 0 Å². The standard InChI is InChI=1S/C59H36N4S2/c1-2-14-35(15-3-1)57-60-58(62-59(61-57)46-24-12-23-44-42-21-9-11-26-52(42)65-56(44)46)45-29-28-40(63-50-25-10-8-20-41(50)48-30-36-16-4-6-18-38(36)32-51(48)63)34-47(45)43-22-13-27-53-55(43)49-31-37-17-5-7-19-39(37)33-54(49)64-53/h1-34,57H,(H,60,61,62). The van der Waals surface area contributed by atoms with E-state index in [4.69, 9.17) is 9.98 Å². The molecule has 4 heterocycles. The summed E-state index contributed by atoms with van der Waals surface area (Å²) in [5, 5.41) is 16.2. The molecule has 0 fully saturated rings. The van der Waals surface area contributed by atoms with E-state index in [0.717, 1.165) is 39.3 Å². The Morgan fingerprint density at radius 3 is 1.92 bits per heavy atom. The van der Waals surface area contributed by atoms with Gasteiger partial charge in [-0.05, 0) is 105 Å². The Labute approximate surface area is 381 Å². The molecular formula is C59H36N4S2. The van der Waals surface area contributed by atoms with Crippen molar-refractivity contribution in [2.24, 2.45) is 9.98 Å². The maximum atomic E-state index is 5.56. The molecule has 304 valence electrons. The molecule has 0 amide bonds. The number of amidine groups is 2. The smallest absolute Gasteiger partial charge is 0.160 e. The van der Waals surface area contributed by atoms with Gasteiger partial charge in [-0.15, -0.1) is 22.7 Å². The van der Waals surface area contributed by atoms with Crippen LogP contribution < -0.4 is 5.32 Å². The number of nitrogens with one attached hydrogen (secondary N) is 1. The molecule has 4 nitrogen and oxygen atoms in total. The summed E-state index contributed by atoms with van der Waals surface area (Å²) in [4.78, 5) is 11.1. The molecule has 0 saturated carbocycles. The minimum absolute atomic E-state index is 0.356. The Balaban J connectivity index is 1.06. The summed E-state index contributed by atoms with van der Waals surface area (Å²) in [5.41, 5.74) is 8.81. The summed E-state index contributed by atoms with van der Waals surface area (Å²) in [5.74, 6) is 1.51. The SMILES string of the molecule is c1ccc(C2N=C(c3ccc(-n4c5ccccc5c5cc6ccccc6cc54)cc3-c3cccc4sc5cc6ccccc6cc5c34)N=C(c3cccc4c3sc3ccccc34)N2)cc1. The van der Waals surface area contributed by atoms with Crippen LogP contribution in [0.5, 0.6) is 0 Å². The maximum Gasteiger partial charge on any atom is 0.160 e. The predicted molar refractivity (Wildman–Crippen MR) is 279 cm³/mol. The van der Waals surface area contributed by atoms with Crippen LogP contribution in [0.15, 0.2) is 216 Å². The Bertz CT molecular complexity index is 4170. The molecule has 0 radical (unpaired) electrons. The number of aliphatic imine (C=N–C) groups is 2. The molecule has 1 aliphatic rings. The average Bonchev–Trinajstić information content (AvgIpc) is 4.04. The van der Waals surface area contributed by atoms with Gasteiger partial charge in [-0.2, -0.15) is 0 Å². The molecule has 1 aliphatic heterocycles. The van der Waals surface area contributed by atoms with Gasteiger partial charge in [0.1, 0.15) is 12.0 Å². The van der Waals surface area contributed by atoms with Gasteiger partial charge >= 0.3 is 0 Å². The van der Waals surface area contributed by atoms with Crippen molar-refractivity contribution in [1.82, 2.24) is 9.88 Å².